The van der Waals surface area contributed by atoms with Gasteiger partial charge < -0.3 is 55.1 Å². The van der Waals surface area contributed by atoms with Gasteiger partial charge in [0.05, 0.1) is 13.2 Å². The van der Waals surface area contributed by atoms with Crippen LogP contribution in [-0.4, -0.2) is 153 Å². The predicted molar refractivity (Wildman–Crippen MR) is 77.2 cm³/mol. The molecule has 0 unspecified atom stereocenters. The molecule has 24 heavy (non-hydrogen) atoms. The van der Waals surface area contributed by atoms with Gasteiger partial charge in [-0.05, 0) is 0 Å². The zero-order valence-electron chi connectivity index (χ0n) is 12.0. The second kappa shape index (κ2) is 9.67. The van der Waals surface area contributed by atoms with Crippen molar-refractivity contribution >= 4 is 37.7 Å². The van der Waals surface area contributed by atoms with E-state index in [4.69, 9.17) is 19.3 Å². The summed E-state index contributed by atoms with van der Waals surface area (Å²) in [6.07, 6.45) is -15.6. The molecule has 0 amide bonds. The third-order valence-electron chi connectivity index (χ3n) is 3.98. The van der Waals surface area contributed by atoms with Crippen molar-refractivity contribution in [3.63, 3.8) is 0 Å². The van der Waals surface area contributed by atoms with Gasteiger partial charge in [-0.2, -0.15) is 0 Å². The number of aliphatic hydroxyl groups excluding tert-OH is 8. The van der Waals surface area contributed by atoms with E-state index in [1.165, 1.54) is 0 Å². The van der Waals surface area contributed by atoms with E-state index >= 15 is 0 Å². The summed E-state index contributed by atoms with van der Waals surface area (Å²) in [7, 11) is 0. The number of ether oxygens (including phenoxy) is 3. The van der Waals surface area contributed by atoms with Gasteiger partial charge in [-0.15, -0.1) is 0 Å². The molecule has 10 atom stereocenters. The number of hydrogen-bond donors (Lipinski definition) is 8. The minimum absolute atomic E-state index is 0. The average molecular weight is 384 g/mol. The Kier molecular flexibility index (Phi) is 9.21. The van der Waals surface area contributed by atoms with Crippen LogP contribution in [0.4, 0.5) is 0 Å². The van der Waals surface area contributed by atoms with E-state index in [1.807, 2.05) is 0 Å². The van der Waals surface area contributed by atoms with E-state index in [9.17, 15) is 35.7 Å². The van der Waals surface area contributed by atoms with Gasteiger partial charge >= 0.3 is 37.7 Å². The summed E-state index contributed by atoms with van der Waals surface area (Å²) >= 11 is 0. The molecule has 0 saturated carbocycles. The van der Waals surface area contributed by atoms with Crippen LogP contribution in [0.1, 0.15) is 0 Å². The first-order valence-electron chi connectivity index (χ1n) is 7.08. The van der Waals surface area contributed by atoms with E-state index < -0.39 is 74.6 Å². The Balaban J connectivity index is 0.00000288. The SMILES string of the molecule is OC[C@H]1O[C@@H](O[C@H]2[C@H](O)[C@@H](O)[C@H](O)O[C@@H]2CO)[C@H](O)[C@@H](O)[C@H]1O.[CaH2]. The summed E-state index contributed by atoms with van der Waals surface area (Å²) < 4.78 is 15.3. The Labute approximate surface area is 167 Å². The van der Waals surface area contributed by atoms with Gasteiger partial charge in [-0.1, -0.05) is 0 Å². The van der Waals surface area contributed by atoms with Crippen LogP contribution in [0.15, 0.2) is 0 Å². The summed E-state index contributed by atoms with van der Waals surface area (Å²) in [6.45, 7) is -1.35. The molecule has 11 nitrogen and oxygen atoms in total. The number of aliphatic hydroxyl groups is 8. The van der Waals surface area contributed by atoms with Gasteiger partial charge in [0.2, 0.25) is 0 Å². The van der Waals surface area contributed by atoms with E-state index in [2.05, 4.69) is 0 Å². The van der Waals surface area contributed by atoms with Crippen LogP contribution in [0.2, 0.25) is 0 Å². The standard InChI is InChI=1S/C12H22O11.Ca.2H/c13-1-3-5(15)6(16)9(19)12(22-3)23-10-4(2-14)21-11(20)8(18)7(10)17;;;/h3-20H,1-2H2;;;/t3-,4-,5+,6+,7-,8-,9-,10-,11-,12+;;;/m1.../s1. The maximum atomic E-state index is 9.94. The van der Waals surface area contributed by atoms with Crippen LogP contribution in [0.5, 0.6) is 0 Å². The third kappa shape index (κ3) is 4.56. The zero-order valence-corrected chi connectivity index (χ0v) is 12.0. The van der Waals surface area contributed by atoms with Gasteiger partial charge in [0, 0.05) is 0 Å². The van der Waals surface area contributed by atoms with Crippen molar-refractivity contribution < 1.29 is 55.1 Å². The Bertz CT molecular complexity index is 384. The second-order valence-electron chi connectivity index (χ2n) is 5.53. The van der Waals surface area contributed by atoms with E-state index in [0.717, 1.165) is 0 Å². The molecule has 0 aromatic heterocycles. The van der Waals surface area contributed by atoms with Crippen LogP contribution in [0.3, 0.4) is 0 Å². The fourth-order valence-corrected chi connectivity index (χ4v) is 2.57. The molecule has 140 valence electrons. The summed E-state index contributed by atoms with van der Waals surface area (Å²) in [5.74, 6) is 0. The second-order valence-corrected chi connectivity index (χ2v) is 5.53. The molecule has 2 aliphatic rings. The first kappa shape index (κ1) is 22.9. The monoisotopic (exact) mass is 384 g/mol. The maximum absolute atomic E-state index is 9.94. The number of rotatable bonds is 4. The van der Waals surface area contributed by atoms with Crippen LogP contribution in [0.25, 0.3) is 0 Å². The van der Waals surface area contributed by atoms with Crippen molar-refractivity contribution in [2.45, 2.75) is 61.4 Å². The van der Waals surface area contributed by atoms with E-state index in [0.29, 0.717) is 0 Å². The van der Waals surface area contributed by atoms with Crippen LogP contribution < -0.4 is 0 Å². The zero-order chi connectivity index (χ0) is 17.3. The molecule has 2 rings (SSSR count). The van der Waals surface area contributed by atoms with Gasteiger partial charge in [-0.3, -0.25) is 0 Å². The van der Waals surface area contributed by atoms with Crippen molar-refractivity contribution in [1.82, 2.24) is 0 Å². The fraction of sp³-hybridized carbons (Fsp3) is 1.00. The van der Waals surface area contributed by atoms with Crippen molar-refractivity contribution in [2.24, 2.45) is 0 Å². The third-order valence-corrected chi connectivity index (χ3v) is 3.98. The van der Waals surface area contributed by atoms with Crippen LogP contribution >= 0.6 is 0 Å². The normalized spacial score (nSPS) is 49.5. The Morgan fingerprint density at radius 2 is 1.25 bits per heavy atom. The minimum atomic E-state index is -1.74. The molecule has 8 N–H and O–H groups in total. The molecule has 0 spiro atoms. The van der Waals surface area contributed by atoms with Gasteiger partial charge in [0.25, 0.3) is 0 Å². The molecule has 2 fully saturated rings. The molecule has 0 radical (unpaired) electrons. The summed E-state index contributed by atoms with van der Waals surface area (Å²) in [5, 5.41) is 76.5. The molecule has 2 aliphatic heterocycles. The molecule has 12 heteroatoms. The first-order chi connectivity index (χ1) is 10.8. The van der Waals surface area contributed by atoms with Crippen molar-refractivity contribution in [3.05, 3.63) is 0 Å². The predicted octanol–water partition coefficient (Wildman–Crippen LogP) is -6.31. The molecule has 2 saturated heterocycles. The van der Waals surface area contributed by atoms with Crippen LogP contribution in [-0.2, 0) is 14.2 Å². The topological polar surface area (TPSA) is 190 Å². The summed E-state index contributed by atoms with van der Waals surface area (Å²) in [5.41, 5.74) is 0. The van der Waals surface area contributed by atoms with Gasteiger partial charge in [0.15, 0.2) is 12.6 Å². The van der Waals surface area contributed by atoms with E-state index in [1.54, 1.807) is 0 Å². The van der Waals surface area contributed by atoms with Crippen molar-refractivity contribution in [3.8, 4) is 0 Å². The molecule has 0 aliphatic carbocycles. The van der Waals surface area contributed by atoms with Crippen molar-refractivity contribution in [1.29, 1.82) is 0 Å². The molecule has 0 aromatic carbocycles. The average Bonchev–Trinajstić information content (AvgIpc) is 2.55. The fourth-order valence-electron chi connectivity index (χ4n) is 2.57. The molecule has 0 aromatic rings. The Morgan fingerprint density at radius 3 is 1.79 bits per heavy atom. The molecular weight excluding hydrogens is 360 g/mol. The summed E-state index contributed by atoms with van der Waals surface area (Å²) in [4.78, 5) is 0. The van der Waals surface area contributed by atoms with Gasteiger partial charge in [-0.25, -0.2) is 0 Å². The molecule has 2 heterocycles. The number of hydrogen-bond acceptors (Lipinski definition) is 11. The van der Waals surface area contributed by atoms with E-state index in [-0.39, 0.29) is 37.7 Å². The van der Waals surface area contributed by atoms with Crippen LogP contribution in [0, 0.1) is 0 Å². The summed E-state index contributed by atoms with van der Waals surface area (Å²) in [6, 6.07) is 0. The first-order valence-corrected chi connectivity index (χ1v) is 7.08. The molecular formula is C12H24CaO11. The van der Waals surface area contributed by atoms with Crippen molar-refractivity contribution in [2.75, 3.05) is 13.2 Å². The Morgan fingerprint density at radius 1 is 0.667 bits per heavy atom. The molecule has 0 bridgehead atoms. The quantitative estimate of drug-likeness (QED) is 0.215. The Hall–Kier alpha value is 0.820. The van der Waals surface area contributed by atoms with Gasteiger partial charge in [0.1, 0.15) is 48.8 Å².